The van der Waals surface area contributed by atoms with E-state index in [-0.39, 0.29) is 34.4 Å². The number of halogens is 5. The van der Waals surface area contributed by atoms with Crippen LogP contribution in [0.5, 0.6) is 0 Å². The lowest BCUT2D eigenvalue weighted by molar-refractivity contribution is -0.139. The number of benzene rings is 2. The van der Waals surface area contributed by atoms with E-state index in [4.69, 9.17) is 4.74 Å². The molecule has 0 saturated heterocycles. The van der Waals surface area contributed by atoms with Gasteiger partial charge in [0.05, 0.1) is 18.1 Å². The van der Waals surface area contributed by atoms with Gasteiger partial charge in [0, 0.05) is 0 Å². The molecular weight excluding hydrogens is 379 g/mol. The van der Waals surface area contributed by atoms with Crippen molar-refractivity contribution in [3.63, 3.8) is 0 Å². The molecule has 0 N–H and O–H groups in total. The van der Waals surface area contributed by atoms with E-state index in [1.165, 1.54) is 19.9 Å². The summed E-state index contributed by atoms with van der Waals surface area (Å²) in [6.45, 7) is 4.44. The van der Waals surface area contributed by atoms with E-state index in [0.717, 1.165) is 36.4 Å². The molecule has 1 unspecified atom stereocenters. The second-order valence-electron chi connectivity index (χ2n) is 6.31. The molecule has 0 aliphatic rings. The maximum atomic E-state index is 14.1. The fraction of sp³-hybridized carbons (Fsp3) is 0.286. The Hall–Kier alpha value is -2.70. The van der Waals surface area contributed by atoms with Crippen molar-refractivity contribution in [3.05, 3.63) is 75.9 Å². The smallest absolute Gasteiger partial charge is 0.399 e. The van der Waals surface area contributed by atoms with Crippen LogP contribution in [0.2, 0.25) is 0 Å². The second-order valence-corrected chi connectivity index (χ2v) is 6.31. The van der Waals surface area contributed by atoms with Gasteiger partial charge in [-0.15, -0.1) is 0 Å². The predicted octanol–water partition coefficient (Wildman–Crippen LogP) is 6.12. The van der Waals surface area contributed by atoms with E-state index in [2.05, 4.69) is 0 Å². The van der Waals surface area contributed by atoms with E-state index >= 15 is 0 Å². The highest BCUT2D eigenvalue weighted by molar-refractivity contribution is 5.90. The van der Waals surface area contributed by atoms with Crippen molar-refractivity contribution in [2.75, 3.05) is 6.61 Å². The first-order valence-electron chi connectivity index (χ1n) is 8.52. The van der Waals surface area contributed by atoms with Crippen LogP contribution < -0.4 is 0 Å². The Morgan fingerprint density at radius 3 is 2.21 bits per heavy atom. The highest BCUT2D eigenvalue weighted by Gasteiger charge is 2.39. The van der Waals surface area contributed by atoms with Crippen molar-refractivity contribution in [1.82, 2.24) is 0 Å². The minimum Gasteiger partial charge on any atom is -0.462 e. The zero-order valence-electron chi connectivity index (χ0n) is 15.5. The number of alkyl halides is 3. The van der Waals surface area contributed by atoms with Gasteiger partial charge in [-0.05, 0) is 55.2 Å². The molecule has 28 heavy (non-hydrogen) atoms. The highest BCUT2D eigenvalue weighted by Crippen LogP contribution is 2.37. The molecule has 1 atom stereocenters. The van der Waals surface area contributed by atoms with Crippen molar-refractivity contribution in [1.29, 1.82) is 0 Å². The van der Waals surface area contributed by atoms with Gasteiger partial charge in [-0.3, -0.25) is 0 Å². The quantitative estimate of drug-likeness (QED) is 0.448. The Morgan fingerprint density at radius 2 is 1.71 bits per heavy atom. The molecular formula is C21H19F5O2. The summed E-state index contributed by atoms with van der Waals surface area (Å²) in [6.07, 6.45) is -2.62. The lowest BCUT2D eigenvalue weighted by Gasteiger charge is -2.19. The van der Waals surface area contributed by atoms with Crippen molar-refractivity contribution in [2.24, 2.45) is 0 Å². The van der Waals surface area contributed by atoms with Crippen molar-refractivity contribution in [3.8, 4) is 0 Å². The van der Waals surface area contributed by atoms with Crippen LogP contribution in [0, 0.1) is 25.5 Å². The first-order chi connectivity index (χ1) is 13.0. The maximum absolute atomic E-state index is 14.1. The van der Waals surface area contributed by atoms with E-state index in [1.807, 2.05) is 0 Å². The summed E-state index contributed by atoms with van der Waals surface area (Å²) in [5.41, 5.74) is -0.0276. The summed E-state index contributed by atoms with van der Waals surface area (Å²) in [5, 5.41) is 0. The van der Waals surface area contributed by atoms with Crippen molar-refractivity contribution in [2.45, 2.75) is 32.9 Å². The second kappa shape index (κ2) is 8.54. The van der Waals surface area contributed by atoms with E-state index < -0.39 is 29.7 Å². The lowest BCUT2D eigenvalue weighted by Crippen LogP contribution is -2.19. The van der Waals surface area contributed by atoms with Gasteiger partial charge in [0.15, 0.2) is 0 Å². The van der Waals surface area contributed by atoms with Crippen LogP contribution in [0.1, 0.15) is 45.5 Å². The average Bonchev–Trinajstić information content (AvgIpc) is 2.58. The van der Waals surface area contributed by atoms with E-state index in [0.29, 0.717) is 0 Å². The standard InChI is InChI=1S/C21H19F5O2/c1-4-28-20(27)16-7-5-14(11-18(16)22)6-8-17(21(24,25)26)15-9-12(2)19(23)13(3)10-15/h5-11,17H,4H2,1-3H3/b8-6+. The highest BCUT2D eigenvalue weighted by atomic mass is 19.4. The van der Waals surface area contributed by atoms with Crippen LogP contribution in [0.15, 0.2) is 36.4 Å². The van der Waals surface area contributed by atoms with Gasteiger partial charge >= 0.3 is 12.1 Å². The third-order valence-electron chi connectivity index (χ3n) is 4.14. The molecule has 0 aliphatic carbocycles. The number of hydrogen-bond acceptors (Lipinski definition) is 2. The predicted molar refractivity (Wildman–Crippen MR) is 96.1 cm³/mol. The summed E-state index contributed by atoms with van der Waals surface area (Å²) >= 11 is 0. The minimum atomic E-state index is -4.61. The number of hydrogen-bond donors (Lipinski definition) is 0. The zero-order chi connectivity index (χ0) is 21.1. The molecule has 0 aliphatic heterocycles. The van der Waals surface area contributed by atoms with Gasteiger partial charge in [0.25, 0.3) is 0 Å². The van der Waals surface area contributed by atoms with Gasteiger partial charge in [-0.1, -0.05) is 30.4 Å². The SMILES string of the molecule is CCOC(=O)c1ccc(/C=C/C(c2cc(C)c(F)c(C)c2)C(F)(F)F)cc1F. The van der Waals surface area contributed by atoms with Gasteiger partial charge in [-0.25, -0.2) is 13.6 Å². The molecule has 150 valence electrons. The van der Waals surface area contributed by atoms with Crippen LogP contribution >= 0.6 is 0 Å². The third kappa shape index (κ3) is 4.97. The molecule has 2 nitrogen and oxygen atoms in total. The average molecular weight is 398 g/mol. The normalized spacial score (nSPS) is 13.0. The van der Waals surface area contributed by atoms with Crippen LogP contribution in [0.3, 0.4) is 0 Å². The Balaban J connectivity index is 2.37. The van der Waals surface area contributed by atoms with Gasteiger partial charge < -0.3 is 4.74 Å². The molecule has 0 bridgehead atoms. The number of carbonyl (C=O) groups is 1. The number of aryl methyl sites for hydroxylation is 2. The molecule has 0 fully saturated rings. The zero-order valence-corrected chi connectivity index (χ0v) is 15.5. The molecule has 0 spiro atoms. The van der Waals surface area contributed by atoms with Crippen LogP contribution in [-0.2, 0) is 4.74 Å². The molecule has 2 aromatic carbocycles. The number of esters is 1. The largest absolute Gasteiger partial charge is 0.462 e. The number of allylic oxidation sites excluding steroid dienone is 1. The van der Waals surface area contributed by atoms with Crippen LogP contribution in [0.25, 0.3) is 6.08 Å². The monoisotopic (exact) mass is 398 g/mol. The molecule has 0 aromatic heterocycles. The number of ether oxygens (including phenoxy) is 1. The van der Waals surface area contributed by atoms with Gasteiger partial charge in [-0.2, -0.15) is 13.2 Å². The molecule has 7 heteroatoms. The van der Waals surface area contributed by atoms with E-state index in [1.54, 1.807) is 6.92 Å². The molecule has 2 rings (SSSR count). The first-order valence-corrected chi connectivity index (χ1v) is 8.52. The topological polar surface area (TPSA) is 26.3 Å². The Labute approximate surface area is 159 Å². The third-order valence-corrected chi connectivity index (χ3v) is 4.14. The van der Waals surface area contributed by atoms with Gasteiger partial charge in [0.2, 0.25) is 0 Å². The van der Waals surface area contributed by atoms with Crippen LogP contribution in [0.4, 0.5) is 22.0 Å². The minimum absolute atomic E-state index is 0.0731. The molecule has 0 heterocycles. The van der Waals surface area contributed by atoms with Crippen molar-refractivity contribution >= 4 is 12.0 Å². The fourth-order valence-corrected chi connectivity index (χ4v) is 2.78. The molecule has 2 aromatic rings. The summed E-state index contributed by atoms with van der Waals surface area (Å²) in [5.74, 6) is -4.28. The van der Waals surface area contributed by atoms with E-state index in [9.17, 15) is 26.7 Å². The van der Waals surface area contributed by atoms with Crippen LogP contribution in [-0.4, -0.2) is 18.8 Å². The summed E-state index contributed by atoms with van der Waals surface area (Å²) in [7, 11) is 0. The van der Waals surface area contributed by atoms with Crippen molar-refractivity contribution < 1.29 is 31.5 Å². The number of rotatable bonds is 5. The number of carbonyl (C=O) groups excluding carboxylic acids is 1. The Kier molecular flexibility index (Phi) is 6.59. The summed E-state index contributed by atoms with van der Waals surface area (Å²) < 4.78 is 73.1. The Bertz CT molecular complexity index is 877. The van der Waals surface area contributed by atoms with Gasteiger partial charge in [0.1, 0.15) is 11.6 Å². The maximum Gasteiger partial charge on any atom is 0.399 e. The summed E-state index contributed by atoms with van der Waals surface area (Å²) in [6, 6.07) is 5.73. The molecule has 0 radical (unpaired) electrons. The molecule has 0 amide bonds. The molecule has 0 saturated carbocycles. The Morgan fingerprint density at radius 1 is 1.11 bits per heavy atom. The lowest BCUT2D eigenvalue weighted by atomic mass is 9.93. The first kappa shape index (κ1) is 21.6. The summed E-state index contributed by atoms with van der Waals surface area (Å²) in [4.78, 5) is 11.6. The fourth-order valence-electron chi connectivity index (χ4n) is 2.78.